The first-order valence-corrected chi connectivity index (χ1v) is 6.89. The van der Waals surface area contributed by atoms with Crippen LogP contribution >= 0.6 is 0 Å². The Kier molecular flexibility index (Phi) is 4.96. The van der Waals surface area contributed by atoms with Gasteiger partial charge in [-0.25, -0.2) is 0 Å². The number of nitrogens with one attached hydrogen (secondary N) is 1. The molecule has 1 aromatic carbocycles. The average molecular weight is 286 g/mol. The van der Waals surface area contributed by atoms with Crippen LogP contribution in [0.15, 0.2) is 18.2 Å². The van der Waals surface area contributed by atoms with Crippen molar-refractivity contribution in [1.29, 1.82) is 0 Å². The smallest absolute Gasteiger partial charge is 0.254 e. The molecular formula is C16H18N2O3. The van der Waals surface area contributed by atoms with Gasteiger partial charge in [0.1, 0.15) is 0 Å². The summed E-state index contributed by atoms with van der Waals surface area (Å²) in [5, 5.41) is 11.5. The molecule has 110 valence electrons. The lowest BCUT2D eigenvalue weighted by atomic mass is 10.0. The fourth-order valence-electron chi connectivity index (χ4n) is 2.20. The molecule has 1 aliphatic rings. The van der Waals surface area contributed by atoms with E-state index in [-0.39, 0.29) is 25.0 Å². The minimum atomic E-state index is -0.145. The number of carbonyl (C=O) groups excluding carboxylic acids is 2. The maximum absolute atomic E-state index is 12.5. The summed E-state index contributed by atoms with van der Waals surface area (Å²) in [6.07, 6.45) is 0.407. The van der Waals surface area contributed by atoms with Gasteiger partial charge in [-0.1, -0.05) is 17.9 Å². The summed E-state index contributed by atoms with van der Waals surface area (Å²) < 4.78 is 0. The molecule has 0 bridgehead atoms. The molecule has 1 fully saturated rings. The van der Waals surface area contributed by atoms with E-state index in [4.69, 9.17) is 5.11 Å². The number of amides is 2. The van der Waals surface area contributed by atoms with Gasteiger partial charge in [0.2, 0.25) is 5.91 Å². The second-order valence-corrected chi connectivity index (χ2v) is 4.83. The lowest BCUT2D eigenvalue weighted by molar-refractivity contribution is -0.123. The van der Waals surface area contributed by atoms with E-state index in [2.05, 4.69) is 17.2 Å². The topological polar surface area (TPSA) is 69.6 Å². The van der Waals surface area contributed by atoms with Crippen LogP contribution in [0.1, 0.15) is 27.9 Å². The van der Waals surface area contributed by atoms with Crippen LogP contribution in [0.2, 0.25) is 0 Å². The lowest BCUT2D eigenvalue weighted by Crippen LogP contribution is -2.50. The monoisotopic (exact) mass is 286 g/mol. The highest BCUT2D eigenvalue weighted by atomic mass is 16.2. The number of hydrogen-bond donors (Lipinski definition) is 2. The molecule has 1 aromatic rings. The van der Waals surface area contributed by atoms with E-state index in [1.807, 2.05) is 13.0 Å². The number of rotatable bonds is 2. The molecule has 0 spiro atoms. The Labute approximate surface area is 124 Å². The minimum absolute atomic E-state index is 0.0214. The Morgan fingerprint density at radius 1 is 1.48 bits per heavy atom. The molecule has 1 saturated heterocycles. The van der Waals surface area contributed by atoms with Crippen molar-refractivity contribution in [3.05, 3.63) is 34.9 Å². The summed E-state index contributed by atoms with van der Waals surface area (Å²) in [6, 6.07) is 5.38. The summed E-state index contributed by atoms with van der Waals surface area (Å²) in [5.74, 6) is 5.54. The molecule has 2 amide bonds. The van der Waals surface area contributed by atoms with E-state index >= 15 is 0 Å². The number of benzene rings is 1. The largest absolute Gasteiger partial charge is 0.395 e. The van der Waals surface area contributed by atoms with Crippen molar-refractivity contribution in [1.82, 2.24) is 10.2 Å². The Hall–Kier alpha value is -2.32. The number of aliphatic hydroxyl groups excluding tert-OH is 1. The molecule has 0 radical (unpaired) electrons. The maximum Gasteiger partial charge on any atom is 0.254 e. The van der Waals surface area contributed by atoms with Crippen molar-refractivity contribution in [2.24, 2.45) is 0 Å². The fourth-order valence-corrected chi connectivity index (χ4v) is 2.20. The third-order valence-corrected chi connectivity index (χ3v) is 3.35. The number of carbonyl (C=O) groups is 2. The molecule has 5 heteroatoms. The zero-order chi connectivity index (χ0) is 15.2. The quantitative estimate of drug-likeness (QED) is 0.768. The molecule has 0 unspecified atom stereocenters. The highest BCUT2D eigenvalue weighted by Crippen LogP contribution is 2.15. The molecule has 0 atom stereocenters. The van der Waals surface area contributed by atoms with Crippen LogP contribution in [0, 0.1) is 18.8 Å². The predicted molar refractivity (Wildman–Crippen MR) is 78.7 cm³/mol. The SMILES string of the molecule is Cc1c(C#CCCO)cccc1C(=O)N1CCNC(=O)C1. The Balaban J connectivity index is 2.23. The molecule has 0 aliphatic carbocycles. The van der Waals surface area contributed by atoms with Crippen molar-refractivity contribution in [3.8, 4) is 11.8 Å². The first kappa shape index (κ1) is 15.1. The van der Waals surface area contributed by atoms with Crippen LogP contribution in [-0.2, 0) is 4.79 Å². The van der Waals surface area contributed by atoms with E-state index in [0.29, 0.717) is 25.1 Å². The van der Waals surface area contributed by atoms with Crippen LogP contribution in [0.5, 0.6) is 0 Å². The van der Waals surface area contributed by atoms with Crippen LogP contribution in [-0.4, -0.2) is 48.1 Å². The van der Waals surface area contributed by atoms with Crippen LogP contribution in [0.25, 0.3) is 0 Å². The number of nitrogens with zero attached hydrogens (tertiary/aromatic N) is 1. The van der Waals surface area contributed by atoms with Gasteiger partial charge in [0.25, 0.3) is 5.91 Å². The van der Waals surface area contributed by atoms with Gasteiger partial charge in [0.15, 0.2) is 0 Å². The first-order valence-electron chi connectivity index (χ1n) is 6.89. The Morgan fingerprint density at radius 3 is 3.00 bits per heavy atom. The standard InChI is InChI=1S/C16H18N2O3/c1-12-13(5-2-3-10-19)6-4-7-14(12)16(21)18-9-8-17-15(20)11-18/h4,6-7,19H,3,8-11H2,1H3,(H,17,20). The van der Waals surface area contributed by atoms with Gasteiger partial charge in [-0.05, 0) is 24.6 Å². The van der Waals surface area contributed by atoms with Crippen molar-refractivity contribution in [3.63, 3.8) is 0 Å². The number of hydrogen-bond acceptors (Lipinski definition) is 3. The predicted octanol–water partition coefficient (Wildman–Crippen LogP) is 0.301. The van der Waals surface area contributed by atoms with E-state index in [1.165, 1.54) is 0 Å². The van der Waals surface area contributed by atoms with Crippen molar-refractivity contribution < 1.29 is 14.7 Å². The maximum atomic E-state index is 12.5. The molecule has 1 aliphatic heterocycles. The second-order valence-electron chi connectivity index (χ2n) is 4.83. The first-order chi connectivity index (χ1) is 10.1. The van der Waals surface area contributed by atoms with Gasteiger partial charge in [-0.15, -0.1) is 0 Å². The molecule has 0 saturated carbocycles. The van der Waals surface area contributed by atoms with E-state index in [1.54, 1.807) is 17.0 Å². The van der Waals surface area contributed by atoms with Crippen molar-refractivity contribution >= 4 is 11.8 Å². The molecular weight excluding hydrogens is 268 g/mol. The third-order valence-electron chi connectivity index (χ3n) is 3.35. The molecule has 1 heterocycles. The zero-order valence-electron chi connectivity index (χ0n) is 12.0. The molecule has 5 nitrogen and oxygen atoms in total. The fraction of sp³-hybridized carbons (Fsp3) is 0.375. The summed E-state index contributed by atoms with van der Waals surface area (Å²) in [5.41, 5.74) is 2.15. The van der Waals surface area contributed by atoms with E-state index in [9.17, 15) is 9.59 Å². The van der Waals surface area contributed by atoms with Crippen molar-refractivity contribution in [2.75, 3.05) is 26.2 Å². The van der Waals surface area contributed by atoms with Crippen LogP contribution in [0.4, 0.5) is 0 Å². The highest BCUT2D eigenvalue weighted by Gasteiger charge is 2.23. The second kappa shape index (κ2) is 6.91. The van der Waals surface area contributed by atoms with Crippen LogP contribution in [0.3, 0.4) is 0 Å². The molecule has 2 rings (SSSR count). The summed E-state index contributed by atoms with van der Waals surface area (Å²) in [4.78, 5) is 25.4. The summed E-state index contributed by atoms with van der Waals surface area (Å²) in [7, 11) is 0. The highest BCUT2D eigenvalue weighted by molar-refractivity contribution is 5.98. The molecule has 2 N–H and O–H groups in total. The number of piperazine rings is 1. The Bertz CT molecular complexity index is 614. The van der Waals surface area contributed by atoms with Crippen molar-refractivity contribution in [2.45, 2.75) is 13.3 Å². The van der Waals surface area contributed by atoms with Crippen LogP contribution < -0.4 is 5.32 Å². The zero-order valence-corrected chi connectivity index (χ0v) is 12.0. The molecule has 21 heavy (non-hydrogen) atoms. The Morgan fingerprint density at radius 2 is 2.29 bits per heavy atom. The normalized spacial score (nSPS) is 14.2. The van der Waals surface area contributed by atoms with Gasteiger partial charge in [-0.3, -0.25) is 9.59 Å². The summed E-state index contributed by atoms with van der Waals surface area (Å²) in [6.45, 7) is 2.97. The summed E-state index contributed by atoms with van der Waals surface area (Å²) >= 11 is 0. The minimum Gasteiger partial charge on any atom is -0.395 e. The molecule has 0 aromatic heterocycles. The third kappa shape index (κ3) is 3.61. The van der Waals surface area contributed by atoms with E-state index < -0.39 is 0 Å². The van der Waals surface area contributed by atoms with E-state index in [0.717, 1.165) is 11.1 Å². The lowest BCUT2D eigenvalue weighted by Gasteiger charge is -2.27. The van der Waals surface area contributed by atoms with Gasteiger partial charge < -0.3 is 15.3 Å². The van der Waals surface area contributed by atoms with Gasteiger partial charge in [-0.2, -0.15) is 0 Å². The van der Waals surface area contributed by atoms with Gasteiger partial charge in [0.05, 0.1) is 13.2 Å². The number of aliphatic hydroxyl groups is 1. The van der Waals surface area contributed by atoms with Gasteiger partial charge >= 0.3 is 0 Å². The van der Waals surface area contributed by atoms with Gasteiger partial charge in [0, 0.05) is 30.6 Å². The average Bonchev–Trinajstić information content (AvgIpc) is 2.48.